The van der Waals surface area contributed by atoms with E-state index in [-0.39, 0.29) is 8.22 Å². The predicted octanol–water partition coefficient (Wildman–Crippen LogP) is 2.05. The van der Waals surface area contributed by atoms with Crippen molar-refractivity contribution in [1.82, 2.24) is 20.4 Å². The van der Waals surface area contributed by atoms with E-state index < -0.39 is 0 Å². The molecule has 6 heteroatoms. The number of aliphatic imine (C=N–C) groups is 1. The van der Waals surface area contributed by atoms with Crippen molar-refractivity contribution in [2.45, 2.75) is 20.8 Å². The summed E-state index contributed by atoms with van der Waals surface area (Å²) in [6.07, 6.45) is 2.99. The van der Waals surface area contributed by atoms with E-state index in [0.717, 1.165) is 19.4 Å². The largest absolute Gasteiger partial charge is 0.364 e. The van der Waals surface area contributed by atoms with Crippen LogP contribution in [0.4, 0.5) is 0 Å². The zero-order valence-electron chi connectivity index (χ0n) is 13.9. The summed E-state index contributed by atoms with van der Waals surface area (Å²) >= 11 is 0. The number of rotatable bonds is 11. The summed E-state index contributed by atoms with van der Waals surface area (Å²) in [5.41, 5.74) is 1.24. The van der Waals surface area contributed by atoms with Crippen molar-refractivity contribution >= 4 is 14.9 Å². The lowest BCUT2D eigenvalue weighted by atomic mass is 9.94. The first-order valence-corrected chi connectivity index (χ1v) is 8.74. The molecule has 0 bridgehead atoms. The average Bonchev–Trinajstić information content (AvgIpc) is 2.41. The highest BCUT2D eigenvalue weighted by Gasteiger charge is 2.24. The van der Waals surface area contributed by atoms with Crippen molar-refractivity contribution < 1.29 is 0 Å². The molecule has 0 amide bonds. The van der Waals surface area contributed by atoms with E-state index in [2.05, 4.69) is 59.9 Å². The van der Waals surface area contributed by atoms with E-state index in [1.807, 2.05) is 20.3 Å². The first kappa shape index (κ1) is 19.5. The number of nitrogens with zero attached hydrogens (tertiary/aromatic N) is 2. The van der Waals surface area contributed by atoms with Gasteiger partial charge in [0.25, 0.3) is 0 Å². The first-order chi connectivity index (χ1) is 9.51. The molecule has 0 saturated heterocycles. The van der Waals surface area contributed by atoms with Crippen LogP contribution in [-0.2, 0) is 0 Å². The number of nitrogens with one attached hydrogen (secondary N) is 3. The zero-order valence-corrected chi connectivity index (χ0v) is 14.8. The fourth-order valence-electron chi connectivity index (χ4n) is 2.17. The molecule has 2 atom stereocenters. The highest BCUT2D eigenvalue weighted by molar-refractivity contribution is 7.53. The van der Waals surface area contributed by atoms with Crippen LogP contribution in [0.3, 0.4) is 0 Å². The monoisotopic (exact) mass is 301 g/mol. The van der Waals surface area contributed by atoms with E-state index >= 15 is 0 Å². The van der Waals surface area contributed by atoms with Gasteiger partial charge in [0.05, 0.1) is 6.67 Å². The first-order valence-electron chi connectivity index (χ1n) is 7.21. The third-order valence-corrected chi connectivity index (χ3v) is 5.24. The third-order valence-electron chi connectivity index (χ3n) is 3.24. The van der Waals surface area contributed by atoms with Crippen LogP contribution in [0.15, 0.2) is 16.9 Å². The fourth-order valence-corrected chi connectivity index (χ4v) is 4.02. The standard InChI is InChI=1S/C14H32N5P/c1-8-18-20(17-6)10-13(12(2)3)14(9-15-4)19(7)11-16-5/h9,12-13,16-18H,4,8,10-11H2,1-3,5-7H3/b14-9-. The lowest BCUT2D eigenvalue weighted by Crippen LogP contribution is -2.35. The summed E-state index contributed by atoms with van der Waals surface area (Å²) in [6, 6.07) is 0. The molecule has 0 spiro atoms. The van der Waals surface area contributed by atoms with Gasteiger partial charge < -0.3 is 10.2 Å². The van der Waals surface area contributed by atoms with E-state index in [1.54, 1.807) is 0 Å². The fraction of sp³-hybridized carbons (Fsp3) is 0.786. The SMILES string of the molecule is C=N/C=C(/C(CP(NC)NCC)C(C)C)N(C)CNC. The molecular weight excluding hydrogens is 269 g/mol. The molecule has 0 aliphatic carbocycles. The molecule has 2 unspecified atom stereocenters. The van der Waals surface area contributed by atoms with Crippen LogP contribution in [0.25, 0.3) is 0 Å². The normalized spacial score (nSPS) is 15.2. The van der Waals surface area contributed by atoms with Gasteiger partial charge in [-0.25, -0.2) is 0 Å². The molecule has 0 fully saturated rings. The van der Waals surface area contributed by atoms with Crippen LogP contribution in [0.2, 0.25) is 0 Å². The molecule has 0 radical (unpaired) electrons. The Morgan fingerprint density at radius 3 is 2.45 bits per heavy atom. The van der Waals surface area contributed by atoms with Crippen LogP contribution in [0.1, 0.15) is 20.8 Å². The summed E-state index contributed by atoms with van der Waals surface area (Å²) in [6.45, 7) is 12.1. The summed E-state index contributed by atoms with van der Waals surface area (Å²) in [5, 5.41) is 10.1. The van der Waals surface area contributed by atoms with Gasteiger partial charge in [0, 0.05) is 39.2 Å². The maximum absolute atomic E-state index is 4.01. The van der Waals surface area contributed by atoms with Gasteiger partial charge in [-0.3, -0.25) is 15.2 Å². The molecule has 0 saturated carbocycles. The van der Waals surface area contributed by atoms with Gasteiger partial charge in [-0.05, 0) is 33.3 Å². The summed E-state index contributed by atoms with van der Waals surface area (Å²) in [5.74, 6) is 1.01. The Balaban J connectivity index is 5.08. The predicted molar refractivity (Wildman–Crippen MR) is 92.2 cm³/mol. The minimum Gasteiger partial charge on any atom is -0.364 e. The van der Waals surface area contributed by atoms with Gasteiger partial charge in [-0.2, -0.15) is 0 Å². The lowest BCUT2D eigenvalue weighted by Gasteiger charge is -2.33. The third kappa shape index (κ3) is 6.80. The van der Waals surface area contributed by atoms with Gasteiger partial charge >= 0.3 is 0 Å². The molecule has 5 nitrogen and oxygen atoms in total. The van der Waals surface area contributed by atoms with Crippen molar-refractivity contribution in [2.24, 2.45) is 16.8 Å². The molecule has 0 aromatic carbocycles. The molecule has 0 rings (SSSR count). The molecule has 3 N–H and O–H groups in total. The van der Waals surface area contributed by atoms with Crippen LogP contribution in [0.5, 0.6) is 0 Å². The summed E-state index contributed by atoms with van der Waals surface area (Å²) in [7, 11) is 5.72. The van der Waals surface area contributed by atoms with Crippen molar-refractivity contribution in [3.63, 3.8) is 0 Å². The minimum atomic E-state index is -0.358. The van der Waals surface area contributed by atoms with Gasteiger partial charge in [-0.15, -0.1) is 0 Å². The van der Waals surface area contributed by atoms with E-state index in [9.17, 15) is 0 Å². The summed E-state index contributed by atoms with van der Waals surface area (Å²) in [4.78, 5) is 6.22. The van der Waals surface area contributed by atoms with Gasteiger partial charge in [0.1, 0.15) is 0 Å². The molecule has 0 aliphatic heterocycles. The smallest absolute Gasteiger partial charge is 0.0673 e. The highest BCUT2D eigenvalue weighted by Crippen LogP contribution is 2.35. The Labute approximate surface area is 126 Å². The van der Waals surface area contributed by atoms with Crippen LogP contribution in [0, 0.1) is 11.8 Å². The molecule has 0 heterocycles. The second kappa shape index (κ2) is 11.2. The van der Waals surface area contributed by atoms with Gasteiger partial charge in [0.2, 0.25) is 0 Å². The Bertz CT molecular complexity index is 293. The quantitative estimate of drug-likeness (QED) is 0.311. The van der Waals surface area contributed by atoms with Crippen molar-refractivity contribution in [2.75, 3.05) is 40.5 Å². The Morgan fingerprint density at radius 2 is 2.05 bits per heavy atom. The van der Waals surface area contributed by atoms with Gasteiger partial charge in [0.15, 0.2) is 0 Å². The molecular formula is C14H32N5P. The minimum absolute atomic E-state index is 0.358. The maximum Gasteiger partial charge on any atom is 0.0673 e. The molecule has 0 aliphatic rings. The molecule has 0 aromatic rings. The highest BCUT2D eigenvalue weighted by atomic mass is 31.1. The maximum atomic E-state index is 4.01. The molecule has 118 valence electrons. The van der Waals surface area contributed by atoms with E-state index in [1.165, 1.54) is 5.70 Å². The molecule has 20 heavy (non-hydrogen) atoms. The Kier molecular flexibility index (Phi) is 10.9. The van der Waals surface area contributed by atoms with Crippen molar-refractivity contribution in [1.29, 1.82) is 0 Å². The Morgan fingerprint density at radius 1 is 1.40 bits per heavy atom. The molecule has 0 aromatic heterocycles. The number of hydrogen-bond donors (Lipinski definition) is 3. The van der Waals surface area contributed by atoms with Crippen LogP contribution >= 0.6 is 8.22 Å². The average molecular weight is 301 g/mol. The van der Waals surface area contributed by atoms with E-state index in [0.29, 0.717) is 11.8 Å². The van der Waals surface area contributed by atoms with Crippen LogP contribution in [-0.4, -0.2) is 52.1 Å². The van der Waals surface area contributed by atoms with Gasteiger partial charge in [-0.1, -0.05) is 20.8 Å². The number of allylic oxidation sites excluding steroid dienone is 1. The second-order valence-electron chi connectivity index (χ2n) is 5.14. The lowest BCUT2D eigenvalue weighted by molar-refractivity contribution is 0.314. The van der Waals surface area contributed by atoms with Crippen LogP contribution < -0.4 is 15.5 Å². The number of hydrogen-bond acceptors (Lipinski definition) is 5. The second-order valence-corrected chi connectivity index (χ2v) is 7.13. The van der Waals surface area contributed by atoms with Crippen molar-refractivity contribution in [3.8, 4) is 0 Å². The summed E-state index contributed by atoms with van der Waals surface area (Å²) < 4.78 is 0. The zero-order chi connectivity index (χ0) is 15.5. The van der Waals surface area contributed by atoms with E-state index in [4.69, 9.17) is 0 Å². The Hall–Kier alpha value is -0.480. The van der Waals surface area contributed by atoms with Crippen molar-refractivity contribution in [3.05, 3.63) is 11.9 Å². The topological polar surface area (TPSA) is 51.7 Å².